The summed E-state index contributed by atoms with van der Waals surface area (Å²) in [7, 11) is 0. The van der Waals surface area contributed by atoms with Crippen LogP contribution in [0.25, 0.3) is 5.78 Å². The zero-order valence-corrected chi connectivity index (χ0v) is 6.83. The molecule has 1 unspecified atom stereocenters. The molecule has 0 fully saturated rings. The first kappa shape index (κ1) is 8.09. The first-order chi connectivity index (χ1) is 6.31. The van der Waals surface area contributed by atoms with Gasteiger partial charge in [0.2, 0.25) is 0 Å². The monoisotopic (exact) mass is 179 g/mol. The van der Waals surface area contributed by atoms with Crippen LogP contribution in [0.3, 0.4) is 0 Å². The van der Waals surface area contributed by atoms with Crippen molar-refractivity contribution in [2.45, 2.75) is 6.04 Å². The fourth-order valence-electron chi connectivity index (χ4n) is 1.04. The molecule has 0 aliphatic carbocycles. The average Bonchev–Trinajstić information content (AvgIpc) is 2.59. The van der Waals surface area contributed by atoms with Crippen LogP contribution in [0, 0.1) is 0 Å². The third-order valence-corrected chi connectivity index (χ3v) is 1.75. The van der Waals surface area contributed by atoms with Crippen LogP contribution in [0.15, 0.2) is 18.6 Å². The summed E-state index contributed by atoms with van der Waals surface area (Å²) in [5, 5.41) is 16.3. The number of imidazole rings is 1. The first-order valence-corrected chi connectivity index (χ1v) is 3.84. The molecule has 6 heteroatoms. The molecule has 0 radical (unpaired) electrons. The van der Waals surface area contributed by atoms with E-state index in [1.807, 2.05) is 0 Å². The van der Waals surface area contributed by atoms with Gasteiger partial charge in [-0.1, -0.05) is 0 Å². The number of nitrogens with zero attached hydrogens (tertiary/aromatic N) is 4. The molecule has 2 aromatic heterocycles. The summed E-state index contributed by atoms with van der Waals surface area (Å²) in [5.41, 5.74) is 6.20. The van der Waals surface area contributed by atoms with Gasteiger partial charge in [0.25, 0.3) is 5.78 Å². The molecule has 0 spiro atoms. The third-order valence-electron chi connectivity index (χ3n) is 1.75. The van der Waals surface area contributed by atoms with Crippen molar-refractivity contribution < 1.29 is 5.11 Å². The van der Waals surface area contributed by atoms with E-state index >= 15 is 0 Å². The largest absolute Gasteiger partial charge is 0.394 e. The number of hydrogen-bond acceptors (Lipinski definition) is 5. The topological polar surface area (TPSA) is 89.3 Å². The van der Waals surface area contributed by atoms with Crippen molar-refractivity contribution in [2.75, 3.05) is 6.61 Å². The van der Waals surface area contributed by atoms with Crippen molar-refractivity contribution in [1.82, 2.24) is 19.6 Å². The summed E-state index contributed by atoms with van der Waals surface area (Å²) >= 11 is 0. The highest BCUT2D eigenvalue weighted by Crippen LogP contribution is 2.07. The third kappa shape index (κ3) is 1.36. The zero-order valence-electron chi connectivity index (χ0n) is 6.83. The van der Waals surface area contributed by atoms with Crippen LogP contribution in [-0.2, 0) is 0 Å². The summed E-state index contributed by atoms with van der Waals surface area (Å²) in [4.78, 5) is 4.09. The van der Waals surface area contributed by atoms with Gasteiger partial charge in [0.05, 0.1) is 24.5 Å². The highest BCUT2D eigenvalue weighted by atomic mass is 16.3. The maximum absolute atomic E-state index is 8.80. The molecule has 0 bridgehead atoms. The molecule has 3 N–H and O–H groups in total. The highest BCUT2D eigenvalue weighted by Gasteiger charge is 2.09. The Balaban J connectivity index is 2.49. The van der Waals surface area contributed by atoms with Crippen molar-refractivity contribution in [3.63, 3.8) is 0 Å². The van der Waals surface area contributed by atoms with Gasteiger partial charge in [0.15, 0.2) is 0 Å². The van der Waals surface area contributed by atoms with E-state index in [9.17, 15) is 0 Å². The van der Waals surface area contributed by atoms with Crippen molar-refractivity contribution in [1.29, 1.82) is 0 Å². The average molecular weight is 179 g/mol. The van der Waals surface area contributed by atoms with Gasteiger partial charge in [0, 0.05) is 12.4 Å². The summed E-state index contributed by atoms with van der Waals surface area (Å²) in [5.74, 6) is 0.487. The maximum Gasteiger partial charge on any atom is 0.253 e. The van der Waals surface area contributed by atoms with Gasteiger partial charge in [-0.25, -0.2) is 4.98 Å². The van der Waals surface area contributed by atoms with Crippen LogP contribution in [0.5, 0.6) is 0 Å². The van der Waals surface area contributed by atoms with Gasteiger partial charge in [-0.3, -0.25) is 4.40 Å². The molecular formula is C7H9N5O. The second-order valence-corrected chi connectivity index (χ2v) is 2.68. The van der Waals surface area contributed by atoms with Crippen molar-refractivity contribution in [3.05, 3.63) is 24.3 Å². The van der Waals surface area contributed by atoms with Gasteiger partial charge in [-0.05, 0) is 0 Å². The number of aromatic nitrogens is 4. The molecule has 13 heavy (non-hydrogen) atoms. The quantitative estimate of drug-likeness (QED) is 0.624. The van der Waals surface area contributed by atoms with E-state index in [0.29, 0.717) is 11.5 Å². The lowest BCUT2D eigenvalue weighted by Crippen LogP contribution is -2.14. The van der Waals surface area contributed by atoms with E-state index in [1.165, 1.54) is 0 Å². The molecule has 2 heterocycles. The smallest absolute Gasteiger partial charge is 0.253 e. The number of rotatable bonds is 2. The number of aliphatic hydroxyl groups excluding tert-OH is 1. The van der Waals surface area contributed by atoms with E-state index in [-0.39, 0.29) is 6.61 Å². The number of fused-ring (bicyclic) bond motifs is 1. The Kier molecular flexibility index (Phi) is 1.91. The van der Waals surface area contributed by atoms with E-state index in [1.54, 1.807) is 23.0 Å². The second-order valence-electron chi connectivity index (χ2n) is 2.68. The summed E-state index contributed by atoms with van der Waals surface area (Å²) < 4.78 is 1.71. The highest BCUT2D eigenvalue weighted by molar-refractivity contribution is 5.29. The first-order valence-electron chi connectivity index (χ1n) is 3.84. The molecule has 2 aromatic rings. The van der Waals surface area contributed by atoms with Crippen LogP contribution in [0.4, 0.5) is 0 Å². The number of aliphatic hydroxyl groups is 1. The van der Waals surface area contributed by atoms with Crippen LogP contribution >= 0.6 is 0 Å². The van der Waals surface area contributed by atoms with Crippen LogP contribution in [0.1, 0.15) is 11.7 Å². The molecule has 68 valence electrons. The van der Waals surface area contributed by atoms with E-state index in [4.69, 9.17) is 10.8 Å². The Morgan fingerprint density at radius 3 is 3.15 bits per heavy atom. The Morgan fingerprint density at radius 2 is 2.46 bits per heavy atom. The minimum Gasteiger partial charge on any atom is -0.394 e. The fourth-order valence-corrected chi connectivity index (χ4v) is 1.04. The SMILES string of the molecule is NC(CO)c1cn2ccnnc2n1. The lowest BCUT2D eigenvalue weighted by molar-refractivity contribution is 0.266. The zero-order chi connectivity index (χ0) is 9.26. The van der Waals surface area contributed by atoms with Crippen molar-refractivity contribution in [2.24, 2.45) is 5.73 Å². The number of nitrogens with two attached hydrogens (primary N) is 1. The Morgan fingerprint density at radius 1 is 1.62 bits per heavy atom. The van der Waals surface area contributed by atoms with E-state index in [0.717, 1.165) is 0 Å². The lowest BCUT2D eigenvalue weighted by atomic mass is 10.2. The van der Waals surface area contributed by atoms with Crippen molar-refractivity contribution in [3.8, 4) is 0 Å². The fraction of sp³-hybridized carbons (Fsp3) is 0.286. The second kappa shape index (κ2) is 3.08. The molecule has 0 aliphatic heterocycles. The Labute approximate surface area is 74.0 Å². The van der Waals surface area contributed by atoms with Crippen LogP contribution in [-0.4, -0.2) is 31.3 Å². The van der Waals surface area contributed by atoms with Gasteiger partial charge >= 0.3 is 0 Å². The van der Waals surface area contributed by atoms with Crippen molar-refractivity contribution >= 4 is 5.78 Å². The molecular weight excluding hydrogens is 170 g/mol. The Hall–Kier alpha value is -1.53. The molecule has 0 saturated heterocycles. The maximum atomic E-state index is 8.80. The molecule has 2 rings (SSSR count). The molecule has 6 nitrogen and oxygen atoms in total. The molecule has 0 aromatic carbocycles. The normalized spacial score (nSPS) is 13.4. The van der Waals surface area contributed by atoms with Gasteiger partial charge in [-0.2, -0.15) is 5.10 Å². The van der Waals surface area contributed by atoms with Crippen LogP contribution < -0.4 is 5.73 Å². The predicted octanol–water partition coefficient (Wildman–Crippen LogP) is -0.884. The van der Waals surface area contributed by atoms with Gasteiger partial charge in [0.1, 0.15) is 0 Å². The standard InChI is InChI=1S/C7H9N5O/c8-5(4-13)6-3-12-2-1-9-11-7(12)10-6/h1-3,5,13H,4,8H2. The van der Waals surface area contributed by atoms with E-state index in [2.05, 4.69) is 15.2 Å². The Bertz CT molecular complexity index is 379. The molecule has 0 amide bonds. The molecule has 0 aliphatic rings. The summed E-state index contributed by atoms with van der Waals surface area (Å²) in [6, 6.07) is -0.457. The lowest BCUT2D eigenvalue weighted by Gasteiger charge is -2.00. The summed E-state index contributed by atoms with van der Waals surface area (Å²) in [6.07, 6.45) is 5.01. The molecule has 1 atom stereocenters. The number of hydrogen-bond donors (Lipinski definition) is 2. The van der Waals surface area contributed by atoms with Crippen LogP contribution in [0.2, 0.25) is 0 Å². The predicted molar refractivity (Wildman–Crippen MR) is 44.8 cm³/mol. The minimum atomic E-state index is -0.457. The van der Waals surface area contributed by atoms with Gasteiger partial charge in [-0.15, -0.1) is 5.10 Å². The van der Waals surface area contributed by atoms with E-state index < -0.39 is 6.04 Å². The molecule has 0 saturated carbocycles. The summed E-state index contributed by atoms with van der Waals surface area (Å²) in [6.45, 7) is -0.128. The van der Waals surface area contributed by atoms with Gasteiger partial charge < -0.3 is 10.8 Å². The minimum absolute atomic E-state index is 0.128.